The van der Waals surface area contributed by atoms with Crippen molar-refractivity contribution in [3.63, 3.8) is 0 Å². The summed E-state index contributed by atoms with van der Waals surface area (Å²) in [6.45, 7) is 10.3. The molecule has 0 aromatic heterocycles. The second-order valence-electron chi connectivity index (χ2n) is 6.59. The van der Waals surface area contributed by atoms with Crippen molar-refractivity contribution in [2.45, 2.75) is 26.4 Å². The molecule has 30 heavy (non-hydrogen) atoms. The highest BCUT2D eigenvalue weighted by Crippen LogP contribution is 2.31. The zero-order valence-electron chi connectivity index (χ0n) is 16.2. The number of hydrogen-bond acceptors (Lipinski definition) is 5. The van der Waals surface area contributed by atoms with Crippen LogP contribution in [0, 0.1) is 29.5 Å². The van der Waals surface area contributed by atoms with Gasteiger partial charge in [-0.05, 0) is 43.5 Å². The van der Waals surface area contributed by atoms with Gasteiger partial charge in [0, 0.05) is 17.7 Å². The highest BCUT2D eigenvalue weighted by Gasteiger charge is 2.26. The summed E-state index contributed by atoms with van der Waals surface area (Å²) in [5.74, 6) is -2.18. The first-order valence-corrected chi connectivity index (χ1v) is 9.21. The van der Waals surface area contributed by atoms with Crippen molar-refractivity contribution in [3.8, 4) is 0 Å². The van der Waals surface area contributed by atoms with Gasteiger partial charge in [-0.3, -0.25) is 30.6 Å². The highest BCUT2D eigenvalue weighted by molar-refractivity contribution is 6.34. The summed E-state index contributed by atoms with van der Waals surface area (Å²) in [5.41, 5.74) is 6.07. The molecule has 2 rings (SSSR count). The molecule has 2 amide bonds. The average molecular weight is 431 g/mol. The van der Waals surface area contributed by atoms with Crippen LogP contribution in [0.3, 0.4) is 0 Å². The van der Waals surface area contributed by atoms with E-state index in [9.17, 15) is 24.8 Å². The van der Waals surface area contributed by atoms with E-state index in [0.717, 1.165) is 0 Å². The van der Waals surface area contributed by atoms with Crippen molar-refractivity contribution >= 4 is 34.8 Å². The summed E-state index contributed by atoms with van der Waals surface area (Å²) < 4.78 is 0. The Labute approximate surface area is 177 Å². The maximum atomic E-state index is 12.5. The number of nitrogens with zero attached hydrogens (tertiary/aromatic N) is 2. The van der Waals surface area contributed by atoms with E-state index < -0.39 is 28.8 Å². The number of nitro benzene ring substituents is 1. The number of rotatable bonds is 6. The monoisotopic (exact) mass is 430 g/mol. The normalized spacial score (nSPS) is 12.4. The van der Waals surface area contributed by atoms with Crippen LogP contribution in [0.4, 0.5) is 11.4 Å². The molecule has 0 aliphatic heterocycles. The number of hydrogen-bond donors (Lipinski definition) is 3. The van der Waals surface area contributed by atoms with Crippen LogP contribution in [0.25, 0.3) is 4.85 Å². The molecule has 156 valence electrons. The third-order valence-corrected chi connectivity index (χ3v) is 5.07. The van der Waals surface area contributed by atoms with Crippen LogP contribution in [0.1, 0.15) is 28.4 Å². The largest absolute Gasteiger partial charge is 0.393 e. The minimum Gasteiger partial charge on any atom is -0.393 e. The van der Waals surface area contributed by atoms with Crippen molar-refractivity contribution in [2.24, 2.45) is 5.92 Å². The fourth-order valence-corrected chi connectivity index (χ4v) is 2.98. The molecule has 0 unspecified atom stereocenters. The number of aliphatic hydroxyl groups is 1. The lowest BCUT2D eigenvalue weighted by Gasteiger charge is -2.21. The molecule has 9 nitrogen and oxygen atoms in total. The molecule has 0 aliphatic rings. The van der Waals surface area contributed by atoms with Gasteiger partial charge in [-0.2, -0.15) is 0 Å². The van der Waals surface area contributed by atoms with Crippen LogP contribution in [-0.4, -0.2) is 27.9 Å². The van der Waals surface area contributed by atoms with E-state index in [0.29, 0.717) is 21.8 Å². The lowest BCUT2D eigenvalue weighted by Crippen LogP contribution is -2.47. The van der Waals surface area contributed by atoms with Gasteiger partial charge in [0.1, 0.15) is 0 Å². The van der Waals surface area contributed by atoms with Crippen LogP contribution < -0.4 is 10.9 Å². The van der Waals surface area contributed by atoms with Crippen LogP contribution in [0.15, 0.2) is 36.4 Å². The number of nitro groups is 1. The molecule has 3 N–H and O–H groups in total. The van der Waals surface area contributed by atoms with E-state index in [2.05, 4.69) is 15.7 Å². The molecule has 10 heteroatoms. The van der Waals surface area contributed by atoms with Gasteiger partial charge in [-0.1, -0.05) is 23.7 Å². The zero-order chi connectivity index (χ0) is 22.4. The van der Waals surface area contributed by atoms with E-state index >= 15 is 0 Å². The van der Waals surface area contributed by atoms with Crippen molar-refractivity contribution in [1.29, 1.82) is 0 Å². The van der Waals surface area contributed by atoms with Gasteiger partial charge >= 0.3 is 0 Å². The predicted octanol–water partition coefficient (Wildman–Crippen LogP) is 3.11. The molecule has 0 spiro atoms. The number of carbonyl (C=O) groups is 2. The lowest BCUT2D eigenvalue weighted by atomic mass is 9.91. The lowest BCUT2D eigenvalue weighted by molar-refractivity contribution is -0.384. The van der Waals surface area contributed by atoms with Gasteiger partial charge in [-0.25, -0.2) is 4.85 Å². The van der Waals surface area contributed by atoms with Gasteiger partial charge in [0.25, 0.3) is 11.6 Å². The van der Waals surface area contributed by atoms with E-state index in [1.54, 1.807) is 19.1 Å². The second-order valence-corrected chi connectivity index (χ2v) is 6.97. The predicted molar refractivity (Wildman–Crippen MR) is 110 cm³/mol. The quantitative estimate of drug-likeness (QED) is 0.369. The fourth-order valence-electron chi connectivity index (χ4n) is 2.76. The number of benzene rings is 2. The molecular formula is C20H19ClN4O5. The molecule has 0 heterocycles. The van der Waals surface area contributed by atoms with Gasteiger partial charge in [0.15, 0.2) is 0 Å². The summed E-state index contributed by atoms with van der Waals surface area (Å²) in [5, 5.41) is 21.0. The number of hydrazine groups is 1. The van der Waals surface area contributed by atoms with Crippen molar-refractivity contribution in [1.82, 2.24) is 10.9 Å². The van der Waals surface area contributed by atoms with Gasteiger partial charge in [0.05, 0.1) is 28.5 Å². The van der Waals surface area contributed by atoms with Crippen LogP contribution in [-0.2, 0) is 11.2 Å². The first-order chi connectivity index (χ1) is 14.1. The summed E-state index contributed by atoms with van der Waals surface area (Å²) in [6, 6.07) is 8.09. The molecule has 2 aromatic carbocycles. The molecule has 0 radical (unpaired) electrons. The number of non-ortho nitro benzene ring substituents is 1. The van der Waals surface area contributed by atoms with Crippen LogP contribution >= 0.6 is 11.6 Å². The molecule has 0 saturated heterocycles. The molecule has 0 fully saturated rings. The smallest absolute Gasteiger partial charge is 0.269 e. The van der Waals surface area contributed by atoms with Crippen molar-refractivity contribution < 1.29 is 19.6 Å². The maximum Gasteiger partial charge on any atom is 0.269 e. The van der Waals surface area contributed by atoms with Crippen molar-refractivity contribution in [3.05, 3.63) is 79.6 Å². The van der Waals surface area contributed by atoms with Gasteiger partial charge < -0.3 is 5.11 Å². The third-order valence-electron chi connectivity index (χ3n) is 4.60. The molecule has 0 aliphatic carbocycles. The van der Waals surface area contributed by atoms with Crippen LogP contribution in [0.5, 0.6) is 0 Å². The first-order valence-electron chi connectivity index (χ1n) is 8.83. The third kappa shape index (κ3) is 5.31. The molecule has 0 saturated carbocycles. The van der Waals surface area contributed by atoms with E-state index in [1.807, 2.05) is 0 Å². The van der Waals surface area contributed by atoms with Gasteiger partial charge in [0.2, 0.25) is 11.6 Å². The minimum atomic E-state index is -1.03. The standard InChI is InChI=1S/C20H19ClN4O5/c1-11-14(6-9-17(22-3)18(11)21)10-16(12(2)26)20(28)24-23-19(27)13-4-7-15(8-5-13)25(29)30/h4-9,12,16,26H,10H2,1-2H3,(H,23,27)(H,24,28)/t12-,16-/m1/s1. The Morgan fingerprint density at radius 1 is 1.23 bits per heavy atom. The first kappa shape index (κ1) is 22.8. The summed E-state index contributed by atoms with van der Waals surface area (Å²) in [7, 11) is 0. The Balaban J connectivity index is 2.07. The summed E-state index contributed by atoms with van der Waals surface area (Å²) in [6.07, 6.45) is -0.888. The minimum absolute atomic E-state index is 0.117. The van der Waals surface area contributed by atoms with Gasteiger partial charge in [-0.15, -0.1) is 0 Å². The Kier molecular flexibility index (Phi) is 7.47. The summed E-state index contributed by atoms with van der Waals surface area (Å²) >= 11 is 6.17. The Bertz CT molecular complexity index is 1020. The van der Waals surface area contributed by atoms with E-state index in [1.165, 1.54) is 31.2 Å². The second kappa shape index (κ2) is 9.82. The Morgan fingerprint density at radius 3 is 2.40 bits per heavy atom. The average Bonchev–Trinajstić information content (AvgIpc) is 2.72. The molecular weight excluding hydrogens is 412 g/mol. The summed E-state index contributed by atoms with van der Waals surface area (Å²) in [4.78, 5) is 38.1. The van der Waals surface area contributed by atoms with Crippen LogP contribution in [0.2, 0.25) is 5.02 Å². The maximum absolute atomic E-state index is 12.5. The number of carbonyl (C=O) groups excluding carboxylic acids is 2. The van der Waals surface area contributed by atoms with E-state index in [4.69, 9.17) is 18.2 Å². The highest BCUT2D eigenvalue weighted by atomic mass is 35.5. The Hall–Kier alpha value is -3.48. The fraction of sp³-hybridized carbons (Fsp3) is 0.250. The number of amides is 2. The van der Waals surface area contributed by atoms with Crippen molar-refractivity contribution in [2.75, 3.05) is 0 Å². The number of halogens is 1. The molecule has 2 atom stereocenters. The molecule has 2 aromatic rings. The zero-order valence-corrected chi connectivity index (χ0v) is 16.9. The number of nitrogens with one attached hydrogen (secondary N) is 2. The SMILES string of the molecule is [C-]#[N+]c1ccc(C[C@@H](C(=O)NNC(=O)c2ccc([N+](=O)[O-])cc2)[C@@H](C)O)c(C)c1Cl. The Morgan fingerprint density at radius 2 is 1.87 bits per heavy atom. The topological polar surface area (TPSA) is 126 Å². The van der Waals surface area contributed by atoms with E-state index in [-0.39, 0.29) is 17.7 Å². The molecule has 0 bridgehead atoms. The number of aliphatic hydroxyl groups excluding tert-OH is 1.